The number of H-pyrrole nitrogens is 1. The van der Waals surface area contributed by atoms with Gasteiger partial charge in [-0.15, -0.1) is 0 Å². The van der Waals surface area contributed by atoms with Gasteiger partial charge in [0.2, 0.25) is 18.6 Å². The first-order valence-electron chi connectivity index (χ1n) is 10.7. The van der Waals surface area contributed by atoms with Crippen molar-refractivity contribution in [3.05, 3.63) is 70.9 Å². The Morgan fingerprint density at radius 2 is 1.79 bits per heavy atom. The molecule has 0 fully saturated rings. The van der Waals surface area contributed by atoms with Crippen molar-refractivity contribution >= 4 is 17.6 Å². The Labute approximate surface area is 194 Å². The Kier molecular flexibility index (Phi) is 6.23. The normalized spacial score (nSPS) is 12.5. The number of amides is 2. The van der Waals surface area contributed by atoms with Crippen LogP contribution in [0.2, 0.25) is 0 Å². The summed E-state index contributed by atoms with van der Waals surface area (Å²) in [5.74, 6) is -0.881. The highest BCUT2D eigenvalue weighted by Gasteiger charge is 2.29. The quantitative estimate of drug-likeness (QED) is 0.535. The van der Waals surface area contributed by atoms with Gasteiger partial charge in [0.1, 0.15) is 11.6 Å². The molecule has 0 atom stereocenters. The molecule has 0 saturated carbocycles. The Morgan fingerprint density at radius 3 is 2.50 bits per heavy atom. The van der Waals surface area contributed by atoms with Crippen LogP contribution in [0.4, 0.5) is 14.6 Å². The van der Waals surface area contributed by atoms with Crippen LogP contribution in [-0.2, 0) is 21.4 Å². The van der Waals surface area contributed by atoms with E-state index < -0.39 is 23.0 Å². The molecule has 0 bridgehead atoms. The summed E-state index contributed by atoms with van der Waals surface area (Å²) in [4.78, 5) is 25.3. The Hall–Kier alpha value is -3.95. The maximum absolute atomic E-state index is 13.8. The summed E-state index contributed by atoms with van der Waals surface area (Å²) in [5, 5.41) is 8.06. The number of halogens is 2. The van der Waals surface area contributed by atoms with Crippen molar-refractivity contribution in [1.29, 1.82) is 0 Å². The van der Waals surface area contributed by atoms with Gasteiger partial charge >= 0.3 is 0 Å². The summed E-state index contributed by atoms with van der Waals surface area (Å²) >= 11 is 0. The number of hydrogen-bond acceptors (Lipinski definition) is 5. The average Bonchev–Trinajstić information content (AvgIpc) is 3.46. The van der Waals surface area contributed by atoms with E-state index in [2.05, 4.69) is 15.6 Å². The van der Waals surface area contributed by atoms with Crippen LogP contribution < -0.4 is 19.9 Å². The summed E-state index contributed by atoms with van der Waals surface area (Å²) in [6.07, 6.45) is 0.112. The number of ether oxygens (including phenoxy) is 2. The second kappa shape index (κ2) is 9.12. The van der Waals surface area contributed by atoms with Crippen molar-refractivity contribution < 1.29 is 27.8 Å². The molecule has 2 heterocycles. The van der Waals surface area contributed by atoms with Crippen LogP contribution in [0.3, 0.4) is 0 Å². The summed E-state index contributed by atoms with van der Waals surface area (Å²) in [6.45, 7) is 5.32. The van der Waals surface area contributed by atoms with Gasteiger partial charge in [0.25, 0.3) is 0 Å². The molecule has 3 aromatic rings. The third-order valence-corrected chi connectivity index (χ3v) is 5.64. The van der Waals surface area contributed by atoms with E-state index in [4.69, 9.17) is 9.47 Å². The van der Waals surface area contributed by atoms with Crippen LogP contribution in [-0.4, -0.2) is 28.8 Å². The molecule has 1 aromatic heterocycles. The highest BCUT2D eigenvalue weighted by molar-refractivity contribution is 5.95. The number of aromatic amines is 1. The minimum atomic E-state index is -0.856. The van der Waals surface area contributed by atoms with Crippen LogP contribution >= 0.6 is 0 Å². The number of benzene rings is 2. The molecule has 34 heavy (non-hydrogen) atoms. The van der Waals surface area contributed by atoms with E-state index in [1.807, 2.05) is 0 Å². The van der Waals surface area contributed by atoms with Gasteiger partial charge in [-0.3, -0.25) is 20.1 Å². The minimum Gasteiger partial charge on any atom is -0.454 e. The number of aromatic nitrogens is 2. The molecular weight excluding hydrogens is 446 g/mol. The van der Waals surface area contributed by atoms with E-state index in [1.54, 1.807) is 45.0 Å². The molecule has 2 amide bonds. The van der Waals surface area contributed by atoms with Crippen molar-refractivity contribution in [3.8, 4) is 11.5 Å². The molecule has 1 aliphatic heterocycles. The highest BCUT2D eigenvalue weighted by Crippen LogP contribution is 2.34. The van der Waals surface area contributed by atoms with Gasteiger partial charge in [-0.2, -0.15) is 5.10 Å². The van der Waals surface area contributed by atoms with Crippen molar-refractivity contribution in [2.45, 2.75) is 39.0 Å². The first kappa shape index (κ1) is 23.2. The maximum atomic E-state index is 13.8. The van der Waals surface area contributed by atoms with Gasteiger partial charge in [-0.05, 0) is 35.4 Å². The third kappa shape index (κ3) is 4.70. The molecule has 10 heteroatoms. The Morgan fingerprint density at radius 1 is 1.09 bits per heavy atom. The molecule has 178 valence electrons. The third-order valence-electron chi connectivity index (χ3n) is 5.64. The molecule has 2 aromatic carbocycles. The molecule has 0 unspecified atom stereocenters. The zero-order valence-electron chi connectivity index (χ0n) is 18.9. The van der Waals surface area contributed by atoms with E-state index in [1.165, 1.54) is 12.1 Å². The monoisotopic (exact) mass is 470 g/mol. The molecule has 0 radical (unpaired) electrons. The lowest BCUT2D eigenvalue weighted by atomic mass is 9.81. The van der Waals surface area contributed by atoms with Gasteiger partial charge in [0.05, 0.1) is 6.42 Å². The Bertz CT molecular complexity index is 1220. The van der Waals surface area contributed by atoms with Crippen LogP contribution in [0.25, 0.3) is 0 Å². The fourth-order valence-electron chi connectivity index (χ4n) is 3.62. The van der Waals surface area contributed by atoms with E-state index in [-0.39, 0.29) is 31.4 Å². The Balaban J connectivity index is 1.54. The van der Waals surface area contributed by atoms with Crippen molar-refractivity contribution in [3.63, 3.8) is 0 Å². The lowest BCUT2D eigenvalue weighted by Crippen LogP contribution is -2.47. The summed E-state index contributed by atoms with van der Waals surface area (Å²) < 4.78 is 38.2. The lowest BCUT2D eigenvalue weighted by molar-refractivity contribution is -0.125. The summed E-state index contributed by atoms with van der Waals surface area (Å²) in [6, 6.07) is 10.0. The number of hydrazine groups is 1. The maximum Gasteiger partial charge on any atom is 0.246 e. The molecule has 0 aliphatic carbocycles. The lowest BCUT2D eigenvalue weighted by Gasteiger charge is -2.24. The van der Waals surface area contributed by atoms with Crippen LogP contribution in [0, 0.1) is 11.6 Å². The number of nitrogens with zero attached hydrogens (tertiary/aromatic N) is 2. The first-order chi connectivity index (χ1) is 16.2. The number of anilines is 1. The molecule has 0 spiro atoms. The van der Waals surface area contributed by atoms with E-state index in [0.717, 1.165) is 11.1 Å². The summed E-state index contributed by atoms with van der Waals surface area (Å²) in [7, 11) is 0. The van der Waals surface area contributed by atoms with Crippen molar-refractivity contribution in [2.75, 3.05) is 11.8 Å². The number of carbonyl (C=O) groups is 2. The predicted molar refractivity (Wildman–Crippen MR) is 119 cm³/mol. The molecule has 0 saturated heterocycles. The molecule has 8 nitrogen and oxygen atoms in total. The summed E-state index contributed by atoms with van der Waals surface area (Å²) in [5.41, 5.74) is 3.32. The number of carbonyl (C=O) groups excluding carboxylic acids is 2. The SMILES string of the molecule is CCC(=O)N(NC(=O)Cc1ccc2c(c1)OCO2)c1cc(C(C)(C)c2cc(F)cc(F)c2)[nH]n1. The predicted octanol–water partition coefficient (Wildman–Crippen LogP) is 3.76. The van der Waals surface area contributed by atoms with Crippen LogP contribution in [0.5, 0.6) is 11.5 Å². The van der Waals surface area contributed by atoms with Crippen molar-refractivity contribution in [2.24, 2.45) is 0 Å². The molecular formula is C24H24F2N4O4. The highest BCUT2D eigenvalue weighted by atomic mass is 19.1. The van der Waals surface area contributed by atoms with Gasteiger partial charge in [0, 0.05) is 29.7 Å². The second-order valence-electron chi connectivity index (χ2n) is 8.41. The van der Waals surface area contributed by atoms with Gasteiger partial charge in [0.15, 0.2) is 17.3 Å². The van der Waals surface area contributed by atoms with E-state index in [0.29, 0.717) is 28.3 Å². The smallest absolute Gasteiger partial charge is 0.246 e. The zero-order chi connectivity index (χ0) is 24.5. The zero-order valence-corrected chi connectivity index (χ0v) is 18.9. The number of hydrogen-bond donors (Lipinski definition) is 2. The second-order valence-corrected chi connectivity index (χ2v) is 8.41. The molecule has 2 N–H and O–H groups in total. The topological polar surface area (TPSA) is 96.5 Å². The molecule has 1 aliphatic rings. The molecule has 4 rings (SSSR count). The van der Waals surface area contributed by atoms with Gasteiger partial charge in [-0.25, -0.2) is 13.8 Å². The fraction of sp³-hybridized carbons (Fsp3) is 0.292. The fourth-order valence-corrected chi connectivity index (χ4v) is 3.62. The van der Waals surface area contributed by atoms with Crippen molar-refractivity contribution in [1.82, 2.24) is 15.6 Å². The minimum absolute atomic E-state index is 0.00449. The standard InChI is InChI=1S/C24H24F2N4O4/c1-4-23(32)30(29-22(31)8-14-5-6-18-19(7-14)34-13-33-18)21-12-20(27-28-21)24(2,3)15-9-16(25)11-17(26)10-15/h5-7,9-12H,4,8,13H2,1-3H3,(H,27,28)(H,29,31). The van der Waals surface area contributed by atoms with Gasteiger partial charge < -0.3 is 9.47 Å². The first-order valence-corrected chi connectivity index (χ1v) is 10.7. The average molecular weight is 470 g/mol. The van der Waals surface area contributed by atoms with Crippen LogP contribution in [0.15, 0.2) is 42.5 Å². The number of fused-ring (bicyclic) bond motifs is 1. The van der Waals surface area contributed by atoms with Gasteiger partial charge in [-0.1, -0.05) is 26.8 Å². The van der Waals surface area contributed by atoms with Crippen LogP contribution in [0.1, 0.15) is 44.0 Å². The number of nitrogens with one attached hydrogen (secondary N) is 2. The number of rotatable bonds is 6. The largest absolute Gasteiger partial charge is 0.454 e. The van der Waals surface area contributed by atoms with E-state index in [9.17, 15) is 18.4 Å². The van der Waals surface area contributed by atoms with E-state index >= 15 is 0 Å².